The third-order valence-corrected chi connectivity index (χ3v) is 4.54. The molecule has 0 atom stereocenters. The molecule has 1 aliphatic carbocycles. The normalized spacial score (nSPS) is 16.3. The number of benzene rings is 1. The van der Waals surface area contributed by atoms with Gasteiger partial charge in [-0.05, 0) is 42.7 Å². The molecule has 0 spiro atoms. The van der Waals surface area contributed by atoms with Crippen LogP contribution in [0, 0.1) is 0 Å². The first kappa shape index (κ1) is 14.0. The summed E-state index contributed by atoms with van der Waals surface area (Å²) in [7, 11) is 0. The van der Waals surface area contributed by atoms with Crippen LogP contribution < -0.4 is 5.43 Å². The first-order valence-electron chi connectivity index (χ1n) is 7.29. The number of hydrogen-bond acceptors (Lipinski definition) is 3. The molecule has 3 nitrogen and oxygen atoms in total. The molecule has 4 heteroatoms. The van der Waals surface area contributed by atoms with Gasteiger partial charge in [-0.25, -0.2) is 5.43 Å². The number of nitrogens with one attached hydrogen (secondary N) is 1. The van der Waals surface area contributed by atoms with E-state index in [0.29, 0.717) is 6.42 Å². The van der Waals surface area contributed by atoms with Crippen molar-refractivity contribution in [2.75, 3.05) is 0 Å². The molecule has 0 bridgehead atoms. The van der Waals surface area contributed by atoms with Gasteiger partial charge in [-0.2, -0.15) is 5.10 Å². The fourth-order valence-electron chi connectivity index (χ4n) is 2.62. The van der Waals surface area contributed by atoms with Crippen LogP contribution in [0.4, 0.5) is 0 Å². The van der Waals surface area contributed by atoms with E-state index in [1.807, 2.05) is 23.6 Å². The second kappa shape index (κ2) is 6.68. The van der Waals surface area contributed by atoms with Crippen LogP contribution in [0.3, 0.4) is 0 Å². The van der Waals surface area contributed by atoms with Crippen molar-refractivity contribution in [3.63, 3.8) is 0 Å². The van der Waals surface area contributed by atoms with Crippen molar-refractivity contribution in [2.24, 2.45) is 5.10 Å². The Hall–Kier alpha value is -1.94. The van der Waals surface area contributed by atoms with Crippen LogP contribution in [0.1, 0.15) is 35.3 Å². The molecule has 1 aromatic carbocycles. The maximum absolute atomic E-state index is 11.9. The molecule has 1 N–H and O–H groups in total. The second-order valence-electron chi connectivity index (χ2n) is 5.21. The van der Waals surface area contributed by atoms with Gasteiger partial charge >= 0.3 is 0 Å². The number of hydrogen-bond donors (Lipinski definition) is 1. The average molecular weight is 298 g/mol. The lowest BCUT2D eigenvalue weighted by atomic mass is 10.0. The number of fused-ring (bicyclic) bond motifs is 1. The van der Waals surface area contributed by atoms with E-state index >= 15 is 0 Å². The summed E-state index contributed by atoms with van der Waals surface area (Å²) in [6.07, 6.45) is 4.72. The molecule has 0 aliphatic heterocycles. The number of hydrazone groups is 1. The predicted molar refractivity (Wildman–Crippen MR) is 86.7 cm³/mol. The Morgan fingerprint density at radius 3 is 2.86 bits per heavy atom. The average Bonchev–Trinajstić information content (AvgIpc) is 2.91. The summed E-state index contributed by atoms with van der Waals surface area (Å²) in [4.78, 5) is 13.0. The summed E-state index contributed by atoms with van der Waals surface area (Å²) in [5.41, 5.74) is 6.24. The zero-order chi connectivity index (χ0) is 14.5. The minimum absolute atomic E-state index is 0.0494. The van der Waals surface area contributed by atoms with Crippen molar-refractivity contribution in [3.8, 4) is 0 Å². The van der Waals surface area contributed by atoms with Gasteiger partial charge in [0.2, 0.25) is 5.91 Å². The van der Waals surface area contributed by atoms with Crippen LogP contribution in [0.2, 0.25) is 0 Å². The monoisotopic (exact) mass is 298 g/mol. The second-order valence-corrected chi connectivity index (χ2v) is 6.25. The van der Waals surface area contributed by atoms with E-state index in [1.165, 1.54) is 17.5 Å². The summed E-state index contributed by atoms with van der Waals surface area (Å²) < 4.78 is 0. The van der Waals surface area contributed by atoms with Gasteiger partial charge in [0.15, 0.2) is 0 Å². The van der Waals surface area contributed by atoms with Crippen LogP contribution in [0.15, 0.2) is 46.9 Å². The van der Waals surface area contributed by atoms with Gasteiger partial charge in [0.25, 0.3) is 0 Å². The molecule has 1 amide bonds. The molecule has 0 saturated heterocycles. The SMILES string of the molecule is O=C(Cc1cccs1)N/N=C1/CCCCc2ccccc21. The molecule has 0 unspecified atom stereocenters. The van der Waals surface area contributed by atoms with Crippen LogP contribution in [0.25, 0.3) is 0 Å². The van der Waals surface area contributed by atoms with Gasteiger partial charge in [-0.3, -0.25) is 4.79 Å². The largest absolute Gasteiger partial charge is 0.273 e. The Morgan fingerprint density at radius 2 is 2.00 bits per heavy atom. The summed E-state index contributed by atoms with van der Waals surface area (Å²) in [5, 5.41) is 6.37. The molecule has 2 aromatic rings. The van der Waals surface area contributed by atoms with E-state index in [1.54, 1.807) is 11.3 Å². The first-order valence-corrected chi connectivity index (χ1v) is 8.17. The highest BCUT2D eigenvalue weighted by atomic mass is 32.1. The minimum atomic E-state index is -0.0494. The number of carbonyl (C=O) groups is 1. The van der Waals surface area contributed by atoms with Crippen molar-refractivity contribution in [3.05, 3.63) is 57.8 Å². The van der Waals surface area contributed by atoms with E-state index < -0.39 is 0 Å². The van der Waals surface area contributed by atoms with E-state index in [4.69, 9.17) is 0 Å². The Kier molecular flexibility index (Phi) is 4.46. The highest BCUT2D eigenvalue weighted by Crippen LogP contribution is 2.20. The molecule has 0 fully saturated rings. The molecule has 21 heavy (non-hydrogen) atoms. The van der Waals surface area contributed by atoms with E-state index in [-0.39, 0.29) is 5.91 Å². The molecular weight excluding hydrogens is 280 g/mol. The van der Waals surface area contributed by atoms with Crippen molar-refractivity contribution >= 4 is 23.0 Å². The molecule has 3 rings (SSSR count). The highest BCUT2D eigenvalue weighted by molar-refractivity contribution is 7.10. The third kappa shape index (κ3) is 3.58. The van der Waals surface area contributed by atoms with Crippen LogP contribution in [0.5, 0.6) is 0 Å². The maximum atomic E-state index is 11.9. The summed E-state index contributed by atoms with van der Waals surface area (Å²) in [6, 6.07) is 12.3. The van der Waals surface area contributed by atoms with Crippen LogP contribution in [-0.2, 0) is 17.6 Å². The summed E-state index contributed by atoms with van der Waals surface area (Å²) in [6.45, 7) is 0. The fraction of sp³-hybridized carbons (Fsp3) is 0.294. The Bertz CT molecular complexity index is 647. The third-order valence-electron chi connectivity index (χ3n) is 3.67. The van der Waals surface area contributed by atoms with E-state index in [0.717, 1.165) is 29.9 Å². The Labute approximate surface area is 128 Å². The van der Waals surface area contributed by atoms with Crippen molar-refractivity contribution < 1.29 is 4.79 Å². The highest BCUT2D eigenvalue weighted by Gasteiger charge is 2.13. The summed E-state index contributed by atoms with van der Waals surface area (Å²) in [5.74, 6) is -0.0494. The molecule has 108 valence electrons. The lowest BCUT2D eigenvalue weighted by Gasteiger charge is -2.07. The Balaban J connectivity index is 1.72. The number of aryl methyl sites for hydroxylation is 1. The predicted octanol–water partition coefficient (Wildman–Crippen LogP) is 3.54. The van der Waals surface area contributed by atoms with Gasteiger partial charge in [0.1, 0.15) is 0 Å². The number of nitrogens with zero attached hydrogens (tertiary/aromatic N) is 1. The lowest BCUT2D eigenvalue weighted by molar-refractivity contribution is -0.120. The van der Waals surface area contributed by atoms with E-state index in [2.05, 4.69) is 28.7 Å². The number of carbonyl (C=O) groups excluding carboxylic acids is 1. The zero-order valence-corrected chi connectivity index (χ0v) is 12.7. The topological polar surface area (TPSA) is 41.5 Å². The minimum Gasteiger partial charge on any atom is -0.273 e. The standard InChI is InChI=1S/C17H18N2OS/c20-17(12-14-8-5-11-21-14)19-18-16-10-4-2-7-13-6-1-3-9-15(13)16/h1,3,5-6,8-9,11H,2,4,7,10,12H2,(H,19,20)/b18-16-. The van der Waals surface area contributed by atoms with Gasteiger partial charge < -0.3 is 0 Å². The number of thiophene rings is 1. The quantitative estimate of drug-likeness (QED) is 0.683. The molecule has 1 aliphatic rings. The zero-order valence-electron chi connectivity index (χ0n) is 11.8. The lowest BCUT2D eigenvalue weighted by Crippen LogP contribution is -2.21. The fourth-order valence-corrected chi connectivity index (χ4v) is 3.32. The van der Waals surface area contributed by atoms with Crippen molar-refractivity contribution in [1.29, 1.82) is 0 Å². The van der Waals surface area contributed by atoms with Crippen molar-refractivity contribution in [2.45, 2.75) is 32.1 Å². The summed E-state index contributed by atoms with van der Waals surface area (Å²) >= 11 is 1.60. The van der Waals surface area contributed by atoms with Gasteiger partial charge in [-0.1, -0.05) is 30.3 Å². The first-order chi connectivity index (χ1) is 10.3. The molecule has 0 saturated carbocycles. The van der Waals surface area contributed by atoms with Crippen LogP contribution >= 0.6 is 11.3 Å². The number of amides is 1. The van der Waals surface area contributed by atoms with Gasteiger partial charge in [0, 0.05) is 10.4 Å². The maximum Gasteiger partial charge on any atom is 0.245 e. The van der Waals surface area contributed by atoms with E-state index in [9.17, 15) is 4.79 Å². The molecule has 1 heterocycles. The molecule has 0 radical (unpaired) electrons. The molecule has 1 aromatic heterocycles. The number of rotatable bonds is 3. The van der Waals surface area contributed by atoms with Crippen molar-refractivity contribution in [1.82, 2.24) is 5.43 Å². The smallest absolute Gasteiger partial charge is 0.245 e. The van der Waals surface area contributed by atoms with Gasteiger partial charge in [0.05, 0.1) is 12.1 Å². The Morgan fingerprint density at radius 1 is 1.14 bits per heavy atom. The molecular formula is C17H18N2OS. The van der Waals surface area contributed by atoms with Gasteiger partial charge in [-0.15, -0.1) is 11.3 Å². The van der Waals surface area contributed by atoms with Crippen LogP contribution in [-0.4, -0.2) is 11.6 Å².